The van der Waals surface area contributed by atoms with Crippen molar-refractivity contribution in [2.75, 3.05) is 17.2 Å². The lowest BCUT2D eigenvalue weighted by molar-refractivity contribution is -0.122. The molecule has 0 aliphatic carbocycles. The first-order chi connectivity index (χ1) is 11.4. The second kappa shape index (κ2) is 9.30. The highest BCUT2D eigenvalue weighted by atomic mass is 16.2. The van der Waals surface area contributed by atoms with Crippen LogP contribution in [0, 0.1) is 5.92 Å². The molecular weight excluding hydrogens is 308 g/mol. The molecule has 0 unspecified atom stereocenters. The summed E-state index contributed by atoms with van der Waals surface area (Å²) in [4.78, 5) is 40.9. The Morgan fingerprint density at radius 3 is 2.42 bits per heavy atom. The molecule has 3 N–H and O–H groups in total. The van der Waals surface area contributed by atoms with E-state index in [9.17, 15) is 14.4 Å². The second-order valence-electron chi connectivity index (χ2n) is 6.18. The average Bonchev–Trinajstić information content (AvgIpc) is 2.53. The van der Waals surface area contributed by atoms with Crippen LogP contribution in [-0.2, 0) is 11.3 Å². The molecule has 1 heterocycles. The number of nitrogen functional groups attached to an aromatic ring is 1. The first-order valence-electron chi connectivity index (χ1n) is 8.82. The van der Waals surface area contributed by atoms with Crippen molar-refractivity contribution in [1.82, 2.24) is 9.55 Å². The summed E-state index contributed by atoms with van der Waals surface area (Å²) in [6, 6.07) is 0. The van der Waals surface area contributed by atoms with E-state index in [1.165, 1.54) is 9.47 Å². The minimum Gasteiger partial charge on any atom is -0.383 e. The van der Waals surface area contributed by atoms with E-state index in [1.807, 2.05) is 27.7 Å². The summed E-state index contributed by atoms with van der Waals surface area (Å²) in [6.07, 6.45) is 3.98. The van der Waals surface area contributed by atoms with Crippen LogP contribution < -0.4 is 21.9 Å². The van der Waals surface area contributed by atoms with Crippen molar-refractivity contribution >= 4 is 17.4 Å². The third-order valence-electron chi connectivity index (χ3n) is 4.08. The fourth-order valence-corrected chi connectivity index (χ4v) is 2.75. The van der Waals surface area contributed by atoms with Crippen LogP contribution in [0.2, 0.25) is 0 Å². The van der Waals surface area contributed by atoms with Gasteiger partial charge in [0.15, 0.2) is 5.69 Å². The zero-order valence-electron chi connectivity index (χ0n) is 15.2. The SMILES string of the molecule is CCCCN(C(=O)[C@@H](C)CCC)c1c(N)n(CCC)c(=O)[nH]c1=O. The standard InChI is InChI=1S/C17H30N4O3/c1-5-8-11-20(16(23)12(4)9-6-2)13-14(18)21(10-7-3)17(24)19-15(13)22/h12H,5-11,18H2,1-4H3,(H,19,22,24)/t12-/m0/s1. The normalized spacial score (nSPS) is 12.2. The lowest BCUT2D eigenvalue weighted by Crippen LogP contribution is -2.43. The molecule has 0 aromatic carbocycles. The van der Waals surface area contributed by atoms with Crippen molar-refractivity contribution in [1.29, 1.82) is 0 Å². The fourth-order valence-electron chi connectivity index (χ4n) is 2.75. The Labute approximate surface area is 142 Å². The molecule has 1 aromatic heterocycles. The number of rotatable bonds is 9. The van der Waals surface area contributed by atoms with Gasteiger partial charge in [-0.1, -0.05) is 40.5 Å². The molecule has 0 saturated heterocycles. The number of anilines is 2. The molecular formula is C17H30N4O3. The molecule has 0 aliphatic rings. The summed E-state index contributed by atoms with van der Waals surface area (Å²) >= 11 is 0. The van der Waals surface area contributed by atoms with Crippen LogP contribution >= 0.6 is 0 Å². The summed E-state index contributed by atoms with van der Waals surface area (Å²) in [7, 11) is 0. The molecule has 0 bridgehead atoms. The zero-order chi connectivity index (χ0) is 18.3. The lowest BCUT2D eigenvalue weighted by atomic mass is 10.0. The van der Waals surface area contributed by atoms with Gasteiger partial charge in [0.1, 0.15) is 5.82 Å². The van der Waals surface area contributed by atoms with E-state index in [-0.39, 0.29) is 23.3 Å². The number of amides is 1. The lowest BCUT2D eigenvalue weighted by Gasteiger charge is -2.27. The molecule has 0 spiro atoms. The topological polar surface area (TPSA) is 101 Å². The van der Waals surface area contributed by atoms with Crippen molar-refractivity contribution < 1.29 is 4.79 Å². The molecule has 136 valence electrons. The van der Waals surface area contributed by atoms with Crippen molar-refractivity contribution in [3.8, 4) is 0 Å². The van der Waals surface area contributed by atoms with E-state index in [2.05, 4.69) is 4.98 Å². The fraction of sp³-hybridized carbons (Fsp3) is 0.706. The van der Waals surface area contributed by atoms with E-state index in [0.29, 0.717) is 19.5 Å². The quantitative estimate of drug-likeness (QED) is 0.720. The van der Waals surface area contributed by atoms with Gasteiger partial charge < -0.3 is 10.6 Å². The van der Waals surface area contributed by atoms with Gasteiger partial charge in [-0.3, -0.25) is 19.1 Å². The summed E-state index contributed by atoms with van der Waals surface area (Å²) in [6.45, 7) is 8.62. The number of hydrogen-bond acceptors (Lipinski definition) is 4. The first kappa shape index (κ1) is 20.0. The monoisotopic (exact) mass is 338 g/mol. The van der Waals surface area contributed by atoms with Crippen molar-refractivity contribution in [3.63, 3.8) is 0 Å². The summed E-state index contributed by atoms with van der Waals surface area (Å²) in [5.74, 6) is -0.250. The van der Waals surface area contributed by atoms with Crippen molar-refractivity contribution in [3.05, 3.63) is 20.8 Å². The molecule has 7 nitrogen and oxygen atoms in total. The molecule has 0 aliphatic heterocycles. The van der Waals surface area contributed by atoms with Gasteiger partial charge in [0, 0.05) is 19.0 Å². The van der Waals surface area contributed by atoms with E-state index >= 15 is 0 Å². The minimum atomic E-state index is -0.599. The van der Waals surface area contributed by atoms with E-state index in [1.54, 1.807) is 0 Å². The van der Waals surface area contributed by atoms with Crippen molar-refractivity contribution in [2.24, 2.45) is 5.92 Å². The van der Waals surface area contributed by atoms with Gasteiger partial charge in [-0.15, -0.1) is 0 Å². The summed E-state index contributed by atoms with van der Waals surface area (Å²) < 4.78 is 1.33. The predicted molar refractivity (Wildman–Crippen MR) is 97.4 cm³/mol. The third-order valence-corrected chi connectivity index (χ3v) is 4.08. The van der Waals surface area contributed by atoms with Crippen LogP contribution in [0.15, 0.2) is 9.59 Å². The van der Waals surface area contributed by atoms with Gasteiger partial charge in [0.05, 0.1) is 0 Å². The van der Waals surface area contributed by atoms with Crippen LogP contribution in [-0.4, -0.2) is 22.0 Å². The van der Waals surface area contributed by atoms with Crippen LogP contribution in [0.4, 0.5) is 11.5 Å². The summed E-state index contributed by atoms with van der Waals surface area (Å²) in [5, 5.41) is 0. The highest BCUT2D eigenvalue weighted by Crippen LogP contribution is 2.21. The van der Waals surface area contributed by atoms with Gasteiger partial charge in [-0.05, 0) is 19.3 Å². The maximum Gasteiger partial charge on any atom is 0.330 e. The largest absolute Gasteiger partial charge is 0.383 e. The van der Waals surface area contributed by atoms with Gasteiger partial charge in [0.2, 0.25) is 5.91 Å². The number of H-pyrrole nitrogens is 1. The molecule has 0 saturated carbocycles. The Morgan fingerprint density at radius 1 is 1.21 bits per heavy atom. The van der Waals surface area contributed by atoms with E-state index < -0.39 is 11.2 Å². The maximum atomic E-state index is 12.8. The van der Waals surface area contributed by atoms with E-state index in [0.717, 1.165) is 25.7 Å². The Morgan fingerprint density at radius 2 is 1.88 bits per heavy atom. The molecule has 0 radical (unpaired) electrons. The number of unbranched alkanes of at least 4 members (excludes halogenated alkanes) is 1. The zero-order valence-corrected chi connectivity index (χ0v) is 15.2. The Hall–Kier alpha value is -2.05. The molecule has 7 heteroatoms. The van der Waals surface area contributed by atoms with Gasteiger partial charge in [-0.25, -0.2) is 4.79 Å². The van der Waals surface area contributed by atoms with Crippen LogP contribution in [0.1, 0.15) is 59.8 Å². The highest BCUT2D eigenvalue weighted by molar-refractivity contribution is 5.96. The van der Waals surface area contributed by atoms with Crippen molar-refractivity contribution in [2.45, 2.75) is 66.3 Å². The number of nitrogens with one attached hydrogen (secondary N) is 1. The maximum absolute atomic E-state index is 12.8. The average molecular weight is 338 g/mol. The van der Waals surface area contributed by atoms with Gasteiger partial charge >= 0.3 is 5.69 Å². The Bertz CT molecular complexity index is 663. The van der Waals surface area contributed by atoms with Crippen LogP contribution in [0.25, 0.3) is 0 Å². The van der Waals surface area contributed by atoms with Crippen LogP contribution in [0.5, 0.6) is 0 Å². The minimum absolute atomic E-state index is 0.0683. The molecule has 1 atom stereocenters. The second-order valence-corrected chi connectivity index (χ2v) is 6.18. The molecule has 1 aromatic rings. The number of carbonyl (C=O) groups excluding carboxylic acids is 1. The molecule has 1 amide bonds. The number of carbonyl (C=O) groups is 1. The number of nitrogens with zero attached hydrogens (tertiary/aromatic N) is 2. The third kappa shape index (κ3) is 4.49. The number of aromatic amines is 1. The number of aromatic nitrogens is 2. The molecule has 0 fully saturated rings. The molecule has 1 rings (SSSR count). The summed E-state index contributed by atoms with van der Waals surface area (Å²) in [5.41, 5.74) is 5.07. The van der Waals surface area contributed by atoms with Gasteiger partial charge in [0.25, 0.3) is 5.56 Å². The smallest absolute Gasteiger partial charge is 0.330 e. The van der Waals surface area contributed by atoms with E-state index in [4.69, 9.17) is 5.73 Å². The first-order valence-corrected chi connectivity index (χ1v) is 8.82. The highest BCUT2D eigenvalue weighted by Gasteiger charge is 2.26. The number of hydrogen-bond donors (Lipinski definition) is 2. The number of nitrogens with two attached hydrogens (primary N) is 1. The Kier molecular flexibility index (Phi) is 7.74. The van der Waals surface area contributed by atoms with Crippen LogP contribution in [0.3, 0.4) is 0 Å². The predicted octanol–water partition coefficient (Wildman–Crippen LogP) is 2.10. The van der Waals surface area contributed by atoms with Gasteiger partial charge in [-0.2, -0.15) is 0 Å². The molecule has 24 heavy (non-hydrogen) atoms. The Balaban J connectivity index is 3.42.